The molecule has 0 amide bonds. The average molecular weight is 463 g/mol. The van der Waals surface area contributed by atoms with Crippen LogP contribution in [0.4, 0.5) is 5.69 Å². The SMILES string of the molecule is Cc1ncc(-c2ncc3ccccc3n2)c(N2CCC(C)(C)CC2)c1C(OC(C)(C)C)C(=O)O. The lowest BCUT2D eigenvalue weighted by molar-refractivity contribution is -0.160. The van der Waals surface area contributed by atoms with Crippen LogP contribution in [-0.4, -0.2) is 44.7 Å². The fourth-order valence-corrected chi connectivity index (χ4v) is 4.45. The second kappa shape index (κ2) is 8.95. The number of ether oxygens (including phenoxy) is 1. The molecule has 0 spiro atoms. The number of pyridine rings is 1. The maximum Gasteiger partial charge on any atom is 0.337 e. The van der Waals surface area contributed by atoms with Gasteiger partial charge in [-0.15, -0.1) is 0 Å². The van der Waals surface area contributed by atoms with E-state index < -0.39 is 17.7 Å². The number of anilines is 1. The Morgan fingerprint density at radius 2 is 1.79 bits per heavy atom. The summed E-state index contributed by atoms with van der Waals surface area (Å²) >= 11 is 0. The maximum absolute atomic E-state index is 12.5. The van der Waals surface area contributed by atoms with Crippen LogP contribution in [0.25, 0.3) is 22.3 Å². The van der Waals surface area contributed by atoms with Crippen molar-refractivity contribution in [3.63, 3.8) is 0 Å². The van der Waals surface area contributed by atoms with Crippen molar-refractivity contribution in [1.82, 2.24) is 15.0 Å². The molecule has 1 aliphatic heterocycles. The number of fused-ring (bicyclic) bond motifs is 1. The van der Waals surface area contributed by atoms with Gasteiger partial charge in [-0.2, -0.15) is 0 Å². The molecule has 2 aromatic heterocycles. The number of hydrogen-bond acceptors (Lipinski definition) is 6. The molecule has 4 rings (SSSR count). The molecular weight excluding hydrogens is 428 g/mol. The number of rotatable bonds is 5. The van der Waals surface area contributed by atoms with Crippen LogP contribution >= 0.6 is 0 Å². The minimum Gasteiger partial charge on any atom is -0.479 e. The van der Waals surface area contributed by atoms with Crippen molar-refractivity contribution in [3.8, 4) is 11.4 Å². The van der Waals surface area contributed by atoms with Gasteiger partial charge in [-0.1, -0.05) is 32.0 Å². The van der Waals surface area contributed by atoms with Crippen LogP contribution < -0.4 is 4.90 Å². The van der Waals surface area contributed by atoms with E-state index in [1.54, 1.807) is 12.4 Å². The maximum atomic E-state index is 12.5. The van der Waals surface area contributed by atoms with Crippen LogP contribution in [-0.2, 0) is 9.53 Å². The number of aromatic nitrogens is 3. The summed E-state index contributed by atoms with van der Waals surface area (Å²) in [4.78, 5) is 28.8. The summed E-state index contributed by atoms with van der Waals surface area (Å²) < 4.78 is 6.09. The summed E-state index contributed by atoms with van der Waals surface area (Å²) in [5.74, 6) is -0.498. The van der Waals surface area contributed by atoms with E-state index in [0.29, 0.717) is 17.1 Å². The van der Waals surface area contributed by atoms with E-state index in [0.717, 1.165) is 48.1 Å². The van der Waals surface area contributed by atoms with Gasteiger partial charge in [0.15, 0.2) is 11.9 Å². The first-order valence-electron chi connectivity index (χ1n) is 11.8. The van der Waals surface area contributed by atoms with Gasteiger partial charge < -0.3 is 14.7 Å². The average Bonchev–Trinajstić information content (AvgIpc) is 2.76. The standard InChI is InChI=1S/C27H34N4O3/c1-17-21(23(25(32)33)34-26(2,3)4)22(31-13-11-27(5,6)12-14-31)19(16-28-17)24-29-15-18-9-7-8-10-20(18)30-24/h7-10,15-16,23H,11-14H2,1-6H3,(H,32,33). The molecule has 1 aliphatic rings. The quantitative estimate of drug-likeness (QED) is 0.530. The minimum absolute atomic E-state index is 0.243. The number of aryl methyl sites for hydroxylation is 1. The number of carbonyl (C=O) groups is 1. The minimum atomic E-state index is -1.15. The topological polar surface area (TPSA) is 88.4 Å². The molecule has 1 atom stereocenters. The monoisotopic (exact) mass is 462 g/mol. The molecule has 7 nitrogen and oxygen atoms in total. The number of aliphatic carboxylic acids is 1. The van der Waals surface area contributed by atoms with E-state index in [1.807, 2.05) is 52.0 Å². The third-order valence-electron chi connectivity index (χ3n) is 6.41. The number of hydrogen-bond donors (Lipinski definition) is 1. The van der Waals surface area contributed by atoms with E-state index in [4.69, 9.17) is 9.72 Å². The second-order valence-electron chi connectivity index (χ2n) is 10.9. The molecule has 1 saturated heterocycles. The van der Waals surface area contributed by atoms with Gasteiger partial charge in [-0.25, -0.2) is 14.8 Å². The van der Waals surface area contributed by atoms with Gasteiger partial charge >= 0.3 is 5.97 Å². The van der Waals surface area contributed by atoms with Gasteiger partial charge in [0.05, 0.1) is 22.4 Å². The third kappa shape index (κ3) is 5.04. The molecule has 0 saturated carbocycles. The van der Waals surface area contributed by atoms with Crippen LogP contribution in [0.1, 0.15) is 64.8 Å². The molecule has 3 heterocycles. The number of nitrogens with zero attached hydrogens (tertiary/aromatic N) is 4. The van der Waals surface area contributed by atoms with E-state index in [9.17, 15) is 9.90 Å². The van der Waals surface area contributed by atoms with Crippen LogP contribution in [0.15, 0.2) is 36.7 Å². The molecule has 1 N–H and O–H groups in total. The van der Waals surface area contributed by atoms with Crippen LogP contribution in [0.5, 0.6) is 0 Å². The Bertz CT molecular complexity index is 1210. The van der Waals surface area contributed by atoms with Gasteiger partial charge in [-0.05, 0) is 52.0 Å². The summed E-state index contributed by atoms with van der Waals surface area (Å²) in [5, 5.41) is 11.2. The predicted molar refractivity (Wildman–Crippen MR) is 134 cm³/mol. The van der Waals surface area contributed by atoms with E-state index >= 15 is 0 Å². The lowest BCUT2D eigenvalue weighted by atomic mass is 9.82. The van der Waals surface area contributed by atoms with Crippen LogP contribution in [0, 0.1) is 12.3 Å². The van der Waals surface area contributed by atoms with Gasteiger partial charge in [0.1, 0.15) is 0 Å². The Kier molecular flexibility index (Phi) is 6.34. The first kappa shape index (κ1) is 24.1. The summed E-state index contributed by atoms with van der Waals surface area (Å²) in [7, 11) is 0. The molecule has 180 valence electrons. The van der Waals surface area contributed by atoms with Crippen molar-refractivity contribution in [2.45, 2.75) is 66.1 Å². The highest BCUT2D eigenvalue weighted by Gasteiger charge is 2.36. The number of carboxylic acids is 1. The van der Waals surface area contributed by atoms with Crippen molar-refractivity contribution in [2.24, 2.45) is 5.41 Å². The normalized spacial score (nSPS) is 17.1. The Morgan fingerprint density at radius 3 is 2.44 bits per heavy atom. The molecule has 0 aliphatic carbocycles. The van der Waals surface area contributed by atoms with Crippen molar-refractivity contribution < 1.29 is 14.6 Å². The Balaban J connectivity index is 1.94. The molecule has 3 aromatic rings. The molecule has 7 heteroatoms. The van der Waals surface area contributed by atoms with E-state index in [-0.39, 0.29) is 5.41 Å². The third-order valence-corrected chi connectivity index (χ3v) is 6.41. The lowest BCUT2D eigenvalue weighted by Gasteiger charge is -2.40. The summed E-state index contributed by atoms with van der Waals surface area (Å²) in [6, 6.07) is 7.83. The number of piperidine rings is 1. The van der Waals surface area contributed by atoms with Crippen molar-refractivity contribution in [1.29, 1.82) is 0 Å². The van der Waals surface area contributed by atoms with Crippen molar-refractivity contribution in [2.75, 3.05) is 18.0 Å². The Hall–Kier alpha value is -3.06. The van der Waals surface area contributed by atoms with Gasteiger partial charge in [0.25, 0.3) is 0 Å². The summed E-state index contributed by atoms with van der Waals surface area (Å²) in [5.41, 5.74) is 3.20. The smallest absolute Gasteiger partial charge is 0.337 e. The summed E-state index contributed by atoms with van der Waals surface area (Å²) in [6.45, 7) is 13.6. The molecule has 1 unspecified atom stereocenters. The lowest BCUT2D eigenvalue weighted by Crippen LogP contribution is -2.39. The van der Waals surface area contributed by atoms with E-state index in [2.05, 4.69) is 28.7 Å². The first-order chi connectivity index (χ1) is 16.0. The fraction of sp³-hybridized carbons (Fsp3) is 0.481. The highest BCUT2D eigenvalue weighted by Crippen LogP contribution is 2.42. The zero-order valence-corrected chi connectivity index (χ0v) is 20.9. The van der Waals surface area contributed by atoms with Crippen LogP contribution in [0.2, 0.25) is 0 Å². The summed E-state index contributed by atoms with van der Waals surface area (Å²) in [6.07, 6.45) is 4.43. The largest absolute Gasteiger partial charge is 0.479 e. The molecule has 0 bridgehead atoms. The van der Waals surface area contributed by atoms with Crippen molar-refractivity contribution in [3.05, 3.63) is 47.9 Å². The molecule has 0 radical (unpaired) electrons. The molecule has 1 fully saturated rings. The second-order valence-corrected chi connectivity index (χ2v) is 10.9. The highest BCUT2D eigenvalue weighted by molar-refractivity contribution is 5.86. The zero-order chi connectivity index (χ0) is 24.7. The Labute approximate surface area is 201 Å². The number of benzene rings is 1. The van der Waals surface area contributed by atoms with Gasteiger partial charge in [0, 0.05) is 42.1 Å². The van der Waals surface area contributed by atoms with Gasteiger partial charge in [0.2, 0.25) is 0 Å². The Morgan fingerprint density at radius 1 is 1.12 bits per heavy atom. The fourth-order valence-electron chi connectivity index (χ4n) is 4.45. The predicted octanol–water partition coefficient (Wildman–Crippen LogP) is 5.57. The molecule has 34 heavy (non-hydrogen) atoms. The zero-order valence-electron chi connectivity index (χ0n) is 20.9. The van der Waals surface area contributed by atoms with Crippen LogP contribution in [0.3, 0.4) is 0 Å². The number of carboxylic acid groups (broad SMARTS) is 1. The highest BCUT2D eigenvalue weighted by atomic mass is 16.5. The molecular formula is C27H34N4O3. The van der Waals surface area contributed by atoms with E-state index in [1.165, 1.54) is 0 Å². The van der Waals surface area contributed by atoms with Gasteiger partial charge in [-0.3, -0.25) is 4.98 Å². The molecule has 1 aromatic carbocycles. The van der Waals surface area contributed by atoms with Crippen molar-refractivity contribution >= 4 is 22.6 Å². The number of para-hydroxylation sites is 1. The first-order valence-corrected chi connectivity index (χ1v) is 11.8.